The van der Waals surface area contributed by atoms with Gasteiger partial charge < -0.3 is 18.1 Å². The third-order valence-electron chi connectivity index (χ3n) is 3.43. The second-order valence-electron chi connectivity index (χ2n) is 5.29. The molecule has 116 valence electrons. The van der Waals surface area contributed by atoms with Crippen LogP contribution < -0.4 is 28.9 Å². The van der Waals surface area contributed by atoms with Crippen molar-refractivity contribution in [2.75, 3.05) is 6.61 Å². The van der Waals surface area contributed by atoms with E-state index in [2.05, 4.69) is 6.92 Å². The summed E-state index contributed by atoms with van der Waals surface area (Å²) >= 11 is 0. The van der Waals surface area contributed by atoms with Gasteiger partial charge in [-0.3, -0.25) is 0 Å². The Kier molecular flexibility index (Phi) is 9.26. The number of aryl methyl sites for hydroxylation is 1. The van der Waals surface area contributed by atoms with Crippen LogP contribution in [0.25, 0.3) is 0 Å². The molecule has 0 amide bonds. The number of carbonyl (C=O) groups is 1. The van der Waals surface area contributed by atoms with Crippen LogP contribution >= 0.6 is 8.58 Å². The third kappa shape index (κ3) is 6.52. The Labute approximate surface area is 153 Å². The molecule has 0 aliphatic rings. The summed E-state index contributed by atoms with van der Waals surface area (Å²) in [6, 6.07) is 15.4. The first kappa shape index (κ1) is 20.0. The van der Waals surface area contributed by atoms with Crippen molar-refractivity contribution in [3.05, 3.63) is 59.7 Å². The van der Waals surface area contributed by atoms with Gasteiger partial charge in [0.15, 0.2) is 0 Å². The number of hydrogen-bond donors (Lipinski definition) is 0. The zero-order chi connectivity index (χ0) is 15.8. The maximum Gasteiger partial charge on any atom is 1.00 e. The monoisotopic (exact) mass is 320 g/mol. The summed E-state index contributed by atoms with van der Waals surface area (Å²) in [5.74, 6) is 0.889. The standard InChI is InChI=1S/C19H22O2P.Li/c1-3-4-8-13-21-17-11-12-18(15(2)14-17)22-19(20)16-9-6-5-7-10-16;/h5-7,9-12,14H,3-4,8,13H2,1-2H3;/q-1;+1. The van der Waals surface area contributed by atoms with Crippen LogP contribution in [0.2, 0.25) is 0 Å². The van der Waals surface area contributed by atoms with Gasteiger partial charge >= 0.3 is 18.9 Å². The topological polar surface area (TPSA) is 26.3 Å². The largest absolute Gasteiger partial charge is 1.00 e. The van der Waals surface area contributed by atoms with E-state index >= 15 is 0 Å². The van der Waals surface area contributed by atoms with Crippen LogP contribution in [0, 0.1) is 6.92 Å². The van der Waals surface area contributed by atoms with E-state index in [1.165, 1.54) is 12.8 Å². The molecule has 2 aromatic rings. The predicted octanol–water partition coefficient (Wildman–Crippen LogP) is 1.98. The van der Waals surface area contributed by atoms with E-state index in [1.807, 2.05) is 55.5 Å². The molecule has 0 aromatic heterocycles. The molecule has 2 rings (SSSR count). The Morgan fingerprint density at radius 3 is 2.48 bits per heavy atom. The molecular formula is C19H22LiO2P. The van der Waals surface area contributed by atoms with Gasteiger partial charge in [0.1, 0.15) is 5.75 Å². The molecule has 4 heteroatoms. The van der Waals surface area contributed by atoms with Crippen LogP contribution in [-0.4, -0.2) is 12.1 Å². The summed E-state index contributed by atoms with van der Waals surface area (Å²) in [7, 11) is 0.714. The number of rotatable bonds is 8. The minimum absolute atomic E-state index is 0. The third-order valence-corrected chi connectivity index (χ3v) is 4.63. The average Bonchev–Trinajstić information content (AvgIpc) is 2.55. The fourth-order valence-corrected chi connectivity index (χ4v) is 3.03. The minimum atomic E-state index is 0. The molecule has 0 unspecified atom stereocenters. The summed E-state index contributed by atoms with van der Waals surface area (Å²) in [5, 5.41) is 1.04. The molecule has 2 aromatic carbocycles. The van der Waals surface area contributed by atoms with Gasteiger partial charge in [-0.05, 0) is 31.0 Å². The SMILES string of the molecule is CCCCCOc1ccc([P-]C(=O)c2ccccc2)c(C)c1.[Li+]. The molecule has 0 heterocycles. The molecule has 0 N–H and O–H groups in total. The number of carbonyl (C=O) groups excluding carboxylic acids is 1. The summed E-state index contributed by atoms with van der Waals surface area (Å²) in [6.07, 6.45) is 3.48. The van der Waals surface area contributed by atoms with E-state index in [9.17, 15) is 4.79 Å². The normalized spacial score (nSPS) is 10.5. The van der Waals surface area contributed by atoms with Crippen molar-refractivity contribution in [3.8, 4) is 5.75 Å². The maximum absolute atomic E-state index is 12.3. The Balaban J connectivity index is 0.00000264. The molecule has 2 nitrogen and oxygen atoms in total. The van der Waals surface area contributed by atoms with Crippen molar-refractivity contribution in [2.24, 2.45) is 0 Å². The fourth-order valence-electron chi connectivity index (χ4n) is 2.14. The van der Waals surface area contributed by atoms with Gasteiger partial charge in [0.05, 0.1) is 6.61 Å². The summed E-state index contributed by atoms with van der Waals surface area (Å²) in [5.41, 5.74) is 1.97. The first-order valence-electron chi connectivity index (χ1n) is 7.75. The predicted molar refractivity (Wildman–Crippen MR) is 93.5 cm³/mol. The van der Waals surface area contributed by atoms with Gasteiger partial charge in [-0.1, -0.05) is 61.7 Å². The zero-order valence-corrected chi connectivity index (χ0v) is 15.1. The zero-order valence-electron chi connectivity index (χ0n) is 14.2. The molecular weight excluding hydrogens is 298 g/mol. The van der Waals surface area contributed by atoms with Crippen molar-refractivity contribution in [1.29, 1.82) is 0 Å². The van der Waals surface area contributed by atoms with Gasteiger partial charge in [-0.15, -0.1) is 0 Å². The number of hydrogen-bond acceptors (Lipinski definition) is 2. The second-order valence-corrected chi connectivity index (χ2v) is 6.40. The van der Waals surface area contributed by atoms with Crippen molar-refractivity contribution >= 4 is 19.4 Å². The smallest absolute Gasteiger partial charge is 0.494 e. The number of benzene rings is 2. The Hall–Kier alpha value is -1.06. The van der Waals surface area contributed by atoms with Crippen molar-refractivity contribution in [2.45, 2.75) is 33.1 Å². The molecule has 0 fully saturated rings. The molecule has 23 heavy (non-hydrogen) atoms. The van der Waals surface area contributed by atoms with Crippen molar-refractivity contribution in [1.82, 2.24) is 0 Å². The molecule has 0 aliphatic carbocycles. The second kappa shape index (κ2) is 10.7. The molecule has 0 bridgehead atoms. The van der Waals surface area contributed by atoms with Crippen LogP contribution in [0.15, 0.2) is 48.5 Å². The van der Waals surface area contributed by atoms with Gasteiger partial charge in [0.2, 0.25) is 0 Å². The summed E-state index contributed by atoms with van der Waals surface area (Å²) in [4.78, 5) is 12.3. The van der Waals surface area contributed by atoms with E-state index in [-0.39, 0.29) is 24.4 Å². The Morgan fingerprint density at radius 1 is 1.09 bits per heavy atom. The number of ether oxygens (including phenoxy) is 1. The first-order chi connectivity index (χ1) is 10.7. The van der Waals surface area contributed by atoms with E-state index in [0.29, 0.717) is 8.58 Å². The molecule has 0 spiro atoms. The van der Waals surface area contributed by atoms with Crippen LogP contribution in [0.3, 0.4) is 0 Å². The molecule has 0 saturated carbocycles. The van der Waals surface area contributed by atoms with E-state index in [0.717, 1.165) is 35.2 Å². The quantitative estimate of drug-likeness (QED) is 0.422. The van der Waals surface area contributed by atoms with E-state index in [1.54, 1.807) is 0 Å². The van der Waals surface area contributed by atoms with Gasteiger partial charge in [0.25, 0.3) is 0 Å². The molecule has 0 saturated heterocycles. The van der Waals surface area contributed by atoms with Crippen molar-refractivity contribution < 1.29 is 28.4 Å². The molecule has 0 atom stereocenters. The average molecular weight is 320 g/mol. The number of unbranched alkanes of at least 4 members (excludes halogenated alkanes) is 2. The van der Waals surface area contributed by atoms with Crippen LogP contribution in [0.5, 0.6) is 5.75 Å². The van der Waals surface area contributed by atoms with Crippen LogP contribution in [0.1, 0.15) is 42.1 Å². The van der Waals surface area contributed by atoms with Gasteiger partial charge in [0, 0.05) is 5.52 Å². The van der Waals surface area contributed by atoms with E-state index in [4.69, 9.17) is 4.74 Å². The fraction of sp³-hybridized carbons (Fsp3) is 0.316. The van der Waals surface area contributed by atoms with E-state index < -0.39 is 0 Å². The molecule has 0 aliphatic heterocycles. The summed E-state index contributed by atoms with van der Waals surface area (Å²) in [6.45, 7) is 4.97. The summed E-state index contributed by atoms with van der Waals surface area (Å²) < 4.78 is 5.75. The van der Waals surface area contributed by atoms with Crippen LogP contribution in [-0.2, 0) is 0 Å². The van der Waals surface area contributed by atoms with Gasteiger partial charge in [-0.2, -0.15) is 5.30 Å². The first-order valence-corrected chi connectivity index (χ1v) is 8.64. The Morgan fingerprint density at radius 2 is 1.83 bits per heavy atom. The van der Waals surface area contributed by atoms with Gasteiger partial charge in [-0.25, -0.2) is 0 Å². The van der Waals surface area contributed by atoms with Crippen molar-refractivity contribution in [3.63, 3.8) is 0 Å². The Bertz CT molecular complexity index is 614. The minimum Gasteiger partial charge on any atom is -0.494 e. The van der Waals surface area contributed by atoms with Crippen LogP contribution in [0.4, 0.5) is 0 Å². The molecule has 0 radical (unpaired) electrons. The maximum atomic E-state index is 12.3.